The number of thiazole rings is 1. The molecule has 0 amide bonds. The lowest BCUT2D eigenvalue weighted by atomic mass is 9.83. The number of rotatable bonds is 6. The lowest BCUT2D eigenvalue weighted by Gasteiger charge is -2.31. The SMILES string of the molecule is COc1ccc([C@H]2C3=C(N=c4s/c(=C/c5ccc(-c6ccc(Cl)cc6[N+](=O)[O-])o5)c(=O)n42)c2ccccc2CC3)cc1OC. The van der Waals surface area contributed by atoms with Crippen molar-refractivity contribution in [3.05, 3.63) is 136 Å². The standard InChI is InChI=1S/C33H24ClN3O6S/c1-41-27-13-8-19(15-28(27)42-2)31-24-11-7-18-5-3-4-6-22(18)30(24)35-33-36(31)32(38)29(44-33)17-21-10-14-26(43-21)23-12-9-20(34)16-25(23)37(39)40/h3-6,8-10,12-17,31H,7,11H2,1-2H3/b29-17+/t31-/m0/s1. The zero-order chi connectivity index (χ0) is 30.5. The van der Waals surface area contributed by atoms with E-state index in [1.807, 2.05) is 30.3 Å². The molecule has 11 heteroatoms. The molecule has 0 spiro atoms. The second kappa shape index (κ2) is 11.0. The molecule has 5 aromatic rings. The number of halogens is 1. The Morgan fingerprint density at radius 2 is 1.84 bits per heavy atom. The van der Waals surface area contributed by atoms with Gasteiger partial charge in [0.1, 0.15) is 11.5 Å². The number of methoxy groups -OCH3 is 2. The number of benzene rings is 3. The van der Waals surface area contributed by atoms with E-state index in [1.54, 1.807) is 49.1 Å². The molecule has 2 aromatic heterocycles. The van der Waals surface area contributed by atoms with Gasteiger partial charge >= 0.3 is 0 Å². The number of hydrogen-bond donors (Lipinski definition) is 0. The van der Waals surface area contributed by atoms with Crippen LogP contribution in [-0.4, -0.2) is 23.7 Å². The number of aromatic nitrogens is 1. The Balaban J connectivity index is 1.40. The minimum absolute atomic E-state index is 0.168. The summed E-state index contributed by atoms with van der Waals surface area (Å²) >= 11 is 7.26. The molecular weight excluding hydrogens is 602 g/mol. The highest BCUT2D eigenvalue weighted by Gasteiger charge is 2.33. The van der Waals surface area contributed by atoms with Crippen LogP contribution in [0, 0.1) is 10.1 Å². The van der Waals surface area contributed by atoms with E-state index in [-0.39, 0.29) is 16.3 Å². The quantitative estimate of drug-likeness (QED) is 0.165. The zero-order valence-electron chi connectivity index (χ0n) is 23.6. The molecule has 0 radical (unpaired) electrons. The van der Waals surface area contributed by atoms with Gasteiger partial charge < -0.3 is 13.9 Å². The van der Waals surface area contributed by atoms with Crippen molar-refractivity contribution in [2.45, 2.75) is 18.9 Å². The van der Waals surface area contributed by atoms with Gasteiger partial charge in [-0.15, -0.1) is 0 Å². The first-order valence-electron chi connectivity index (χ1n) is 13.8. The summed E-state index contributed by atoms with van der Waals surface area (Å²) in [7, 11) is 3.18. The van der Waals surface area contributed by atoms with Crippen LogP contribution in [0.2, 0.25) is 5.02 Å². The van der Waals surface area contributed by atoms with E-state index in [0.717, 1.165) is 35.2 Å². The number of nitrogens with zero attached hydrogens (tertiary/aromatic N) is 3. The van der Waals surface area contributed by atoms with Gasteiger partial charge in [0.15, 0.2) is 16.3 Å². The third-order valence-corrected chi connectivity index (χ3v) is 9.14. The zero-order valence-corrected chi connectivity index (χ0v) is 25.1. The summed E-state index contributed by atoms with van der Waals surface area (Å²) in [4.78, 5) is 30.9. The fraction of sp³-hybridized carbons (Fsp3) is 0.152. The molecule has 1 aliphatic carbocycles. The number of allylic oxidation sites excluding steroid dienone is 1. The number of fused-ring (bicyclic) bond motifs is 3. The Morgan fingerprint density at radius 3 is 2.64 bits per heavy atom. The number of aryl methyl sites for hydroxylation is 1. The summed E-state index contributed by atoms with van der Waals surface area (Å²) in [6.07, 6.45) is 3.24. The van der Waals surface area contributed by atoms with Crippen molar-refractivity contribution in [1.82, 2.24) is 4.57 Å². The summed E-state index contributed by atoms with van der Waals surface area (Å²) < 4.78 is 19.2. The van der Waals surface area contributed by atoms with Crippen molar-refractivity contribution >= 4 is 40.4 Å². The van der Waals surface area contributed by atoms with Gasteiger partial charge in [0.05, 0.1) is 41.0 Å². The molecule has 220 valence electrons. The van der Waals surface area contributed by atoms with Gasteiger partial charge in [-0.05, 0) is 65.9 Å². The van der Waals surface area contributed by atoms with Crippen LogP contribution in [0.1, 0.15) is 34.9 Å². The number of nitro groups is 1. The van der Waals surface area contributed by atoms with Crippen LogP contribution in [0.3, 0.4) is 0 Å². The molecule has 9 nitrogen and oxygen atoms in total. The lowest BCUT2D eigenvalue weighted by molar-refractivity contribution is -0.384. The Labute approximate surface area is 259 Å². The molecule has 0 saturated heterocycles. The first-order chi connectivity index (χ1) is 21.4. The smallest absolute Gasteiger partial charge is 0.281 e. The van der Waals surface area contributed by atoms with Crippen LogP contribution in [0.5, 0.6) is 11.5 Å². The maximum atomic E-state index is 14.1. The first-order valence-corrected chi connectivity index (χ1v) is 14.9. The summed E-state index contributed by atoms with van der Waals surface area (Å²) in [6, 6.07) is 21.3. The molecule has 0 fully saturated rings. The molecule has 0 bridgehead atoms. The van der Waals surface area contributed by atoms with E-state index in [4.69, 9.17) is 30.5 Å². The van der Waals surface area contributed by atoms with Crippen molar-refractivity contribution in [2.24, 2.45) is 4.99 Å². The van der Waals surface area contributed by atoms with E-state index in [1.165, 1.54) is 23.0 Å². The Bertz CT molecular complexity index is 2200. The van der Waals surface area contributed by atoms with Gasteiger partial charge in [-0.25, -0.2) is 4.99 Å². The van der Waals surface area contributed by atoms with Gasteiger partial charge in [0, 0.05) is 22.7 Å². The van der Waals surface area contributed by atoms with E-state index in [2.05, 4.69) is 12.1 Å². The summed E-state index contributed by atoms with van der Waals surface area (Å²) in [5, 5.41) is 11.9. The van der Waals surface area contributed by atoms with Crippen molar-refractivity contribution < 1.29 is 18.8 Å². The van der Waals surface area contributed by atoms with Crippen LogP contribution < -0.4 is 24.4 Å². The van der Waals surface area contributed by atoms with E-state index < -0.39 is 11.0 Å². The molecular formula is C33H24ClN3O6S. The second-order valence-electron chi connectivity index (χ2n) is 10.3. The largest absolute Gasteiger partial charge is 0.493 e. The highest BCUT2D eigenvalue weighted by molar-refractivity contribution is 7.07. The van der Waals surface area contributed by atoms with Crippen LogP contribution in [0.25, 0.3) is 23.1 Å². The van der Waals surface area contributed by atoms with E-state index in [0.29, 0.717) is 37.9 Å². The Hall–Kier alpha value is -4.93. The van der Waals surface area contributed by atoms with E-state index in [9.17, 15) is 14.9 Å². The topological polar surface area (TPSA) is 109 Å². The fourth-order valence-corrected chi connectivity index (χ4v) is 7.06. The molecule has 1 atom stereocenters. The summed E-state index contributed by atoms with van der Waals surface area (Å²) in [5.41, 5.74) is 5.03. The highest BCUT2D eigenvalue weighted by Crippen LogP contribution is 2.43. The van der Waals surface area contributed by atoms with Crippen molar-refractivity contribution in [3.8, 4) is 22.8 Å². The summed E-state index contributed by atoms with van der Waals surface area (Å²) in [6.45, 7) is 0. The molecule has 7 rings (SSSR count). The Kier molecular flexibility index (Phi) is 6.95. The van der Waals surface area contributed by atoms with Crippen LogP contribution in [-0.2, 0) is 6.42 Å². The number of ether oxygens (including phenoxy) is 2. The summed E-state index contributed by atoms with van der Waals surface area (Å²) in [5.74, 6) is 1.84. The predicted octanol–water partition coefficient (Wildman–Crippen LogP) is 6.16. The minimum Gasteiger partial charge on any atom is -0.493 e. The molecule has 3 aromatic carbocycles. The van der Waals surface area contributed by atoms with Gasteiger partial charge in [-0.2, -0.15) is 0 Å². The molecule has 44 heavy (non-hydrogen) atoms. The van der Waals surface area contributed by atoms with Gasteiger partial charge in [-0.3, -0.25) is 19.5 Å². The van der Waals surface area contributed by atoms with Gasteiger partial charge in [0.25, 0.3) is 11.2 Å². The van der Waals surface area contributed by atoms with Crippen LogP contribution >= 0.6 is 22.9 Å². The minimum atomic E-state index is -0.504. The Morgan fingerprint density at radius 1 is 1.02 bits per heavy atom. The maximum absolute atomic E-state index is 14.1. The fourth-order valence-electron chi connectivity index (χ4n) is 5.91. The number of nitro benzene ring substituents is 1. The monoisotopic (exact) mass is 625 g/mol. The third-order valence-electron chi connectivity index (χ3n) is 7.92. The van der Waals surface area contributed by atoms with E-state index >= 15 is 0 Å². The predicted molar refractivity (Wildman–Crippen MR) is 168 cm³/mol. The molecule has 0 N–H and O–H groups in total. The van der Waals surface area contributed by atoms with Gasteiger partial charge in [0.2, 0.25) is 0 Å². The number of hydrogen-bond acceptors (Lipinski definition) is 8. The highest BCUT2D eigenvalue weighted by atomic mass is 35.5. The third kappa shape index (κ3) is 4.63. The molecule has 0 saturated carbocycles. The average molecular weight is 626 g/mol. The molecule has 0 unspecified atom stereocenters. The average Bonchev–Trinajstić information content (AvgIpc) is 3.63. The van der Waals surface area contributed by atoms with Crippen molar-refractivity contribution in [3.63, 3.8) is 0 Å². The molecule has 3 heterocycles. The maximum Gasteiger partial charge on any atom is 0.281 e. The van der Waals surface area contributed by atoms with Crippen LogP contribution in [0.15, 0.2) is 92.6 Å². The van der Waals surface area contributed by atoms with Crippen molar-refractivity contribution in [1.29, 1.82) is 0 Å². The molecule has 1 aliphatic heterocycles. The first kappa shape index (κ1) is 27.9. The van der Waals surface area contributed by atoms with Crippen molar-refractivity contribution in [2.75, 3.05) is 14.2 Å². The lowest BCUT2D eigenvalue weighted by Crippen LogP contribution is -2.38. The molecule has 2 aliphatic rings. The number of furan rings is 1. The normalized spacial score (nSPS) is 15.7. The van der Waals surface area contributed by atoms with Crippen LogP contribution in [0.4, 0.5) is 5.69 Å². The van der Waals surface area contributed by atoms with Gasteiger partial charge in [-0.1, -0.05) is 53.3 Å². The second-order valence-corrected chi connectivity index (χ2v) is 11.8.